The zero-order valence-corrected chi connectivity index (χ0v) is 8.51. The van der Waals surface area contributed by atoms with Crippen LogP contribution < -0.4 is 5.32 Å². The summed E-state index contributed by atoms with van der Waals surface area (Å²) in [6, 6.07) is 5.86. The van der Waals surface area contributed by atoms with Crippen LogP contribution in [0.2, 0.25) is 0 Å². The molecule has 14 heavy (non-hydrogen) atoms. The molecule has 0 bridgehead atoms. The maximum atomic E-state index is 10.9. The van der Waals surface area contributed by atoms with Gasteiger partial charge in [-0.15, -0.1) is 0 Å². The molecular formula is C11H12N2O. The fourth-order valence-electron chi connectivity index (χ4n) is 1.29. The van der Waals surface area contributed by atoms with Gasteiger partial charge in [0.25, 0.3) is 0 Å². The molecule has 0 atom stereocenters. The lowest BCUT2D eigenvalue weighted by Gasteiger charge is -2.10. The predicted molar refractivity (Wildman–Crippen MR) is 54.9 cm³/mol. The van der Waals surface area contributed by atoms with Crippen LogP contribution in [0.4, 0.5) is 5.69 Å². The quantitative estimate of drug-likeness (QED) is 0.734. The Kier molecular flexibility index (Phi) is 2.88. The number of carbonyl (C=O) groups excluding carboxylic acids is 1. The smallest absolute Gasteiger partial charge is 0.221 e. The molecule has 1 N–H and O–H groups in total. The Bertz CT molecular complexity index is 416. The zero-order chi connectivity index (χ0) is 10.7. The number of nitrogens with one attached hydrogen (secondary N) is 1. The van der Waals surface area contributed by atoms with Crippen LogP contribution in [0.25, 0.3) is 0 Å². The minimum absolute atomic E-state index is 0.157. The molecule has 0 spiro atoms. The van der Waals surface area contributed by atoms with Crippen LogP contribution in [-0.2, 0) is 4.79 Å². The van der Waals surface area contributed by atoms with Crippen molar-refractivity contribution in [1.29, 1.82) is 5.26 Å². The van der Waals surface area contributed by atoms with Gasteiger partial charge in [-0.05, 0) is 25.0 Å². The molecule has 0 saturated carbocycles. The van der Waals surface area contributed by atoms with Gasteiger partial charge in [0.1, 0.15) is 6.07 Å². The highest BCUT2D eigenvalue weighted by molar-refractivity contribution is 5.91. The average Bonchev–Trinajstić information content (AvgIpc) is 2.11. The molecule has 0 aliphatic carbocycles. The lowest BCUT2D eigenvalue weighted by Crippen LogP contribution is -2.09. The summed E-state index contributed by atoms with van der Waals surface area (Å²) in [5.74, 6) is -0.157. The first-order valence-corrected chi connectivity index (χ1v) is 4.34. The van der Waals surface area contributed by atoms with Crippen LogP contribution in [0.5, 0.6) is 0 Å². The first-order valence-electron chi connectivity index (χ1n) is 4.34. The lowest BCUT2D eigenvalue weighted by atomic mass is 10.0. The summed E-state index contributed by atoms with van der Waals surface area (Å²) in [5.41, 5.74) is 2.95. The molecule has 0 radical (unpaired) electrons. The summed E-state index contributed by atoms with van der Waals surface area (Å²) < 4.78 is 0. The predicted octanol–water partition coefficient (Wildman–Crippen LogP) is 2.13. The number of benzene rings is 1. The molecule has 0 heterocycles. The number of hydrogen-bond acceptors (Lipinski definition) is 2. The van der Waals surface area contributed by atoms with Gasteiger partial charge in [-0.1, -0.05) is 12.1 Å². The van der Waals surface area contributed by atoms with Gasteiger partial charge in [-0.3, -0.25) is 4.79 Å². The van der Waals surface area contributed by atoms with Crippen molar-refractivity contribution in [2.24, 2.45) is 0 Å². The van der Waals surface area contributed by atoms with Gasteiger partial charge in [0.05, 0.1) is 11.3 Å². The van der Waals surface area contributed by atoms with E-state index in [0.717, 1.165) is 11.1 Å². The molecule has 3 heteroatoms. The van der Waals surface area contributed by atoms with E-state index >= 15 is 0 Å². The number of nitrogens with zero attached hydrogens (tertiary/aromatic N) is 1. The van der Waals surface area contributed by atoms with E-state index in [1.54, 1.807) is 0 Å². The van der Waals surface area contributed by atoms with Gasteiger partial charge in [0.15, 0.2) is 0 Å². The third-order valence-electron chi connectivity index (χ3n) is 2.03. The van der Waals surface area contributed by atoms with Gasteiger partial charge >= 0.3 is 0 Å². The van der Waals surface area contributed by atoms with E-state index in [9.17, 15) is 4.79 Å². The molecule has 0 saturated heterocycles. The summed E-state index contributed by atoms with van der Waals surface area (Å²) in [6.07, 6.45) is 0. The number of anilines is 1. The van der Waals surface area contributed by atoms with Crippen molar-refractivity contribution in [2.45, 2.75) is 20.8 Å². The molecule has 1 aromatic rings. The topological polar surface area (TPSA) is 52.9 Å². The van der Waals surface area contributed by atoms with Gasteiger partial charge in [-0.2, -0.15) is 5.26 Å². The van der Waals surface area contributed by atoms with Crippen LogP contribution in [-0.4, -0.2) is 5.91 Å². The van der Waals surface area contributed by atoms with Crippen molar-refractivity contribution in [2.75, 3.05) is 5.32 Å². The van der Waals surface area contributed by atoms with Gasteiger partial charge in [0, 0.05) is 6.92 Å². The molecule has 3 nitrogen and oxygen atoms in total. The number of nitriles is 1. The van der Waals surface area contributed by atoms with E-state index in [-0.39, 0.29) is 5.91 Å². The molecule has 72 valence electrons. The summed E-state index contributed by atoms with van der Waals surface area (Å²) in [6.45, 7) is 5.15. The molecule has 1 amide bonds. The van der Waals surface area contributed by atoms with E-state index < -0.39 is 0 Å². The number of amides is 1. The van der Waals surface area contributed by atoms with Crippen molar-refractivity contribution in [1.82, 2.24) is 0 Å². The van der Waals surface area contributed by atoms with Crippen LogP contribution in [0.15, 0.2) is 12.1 Å². The fourth-order valence-corrected chi connectivity index (χ4v) is 1.29. The zero-order valence-electron chi connectivity index (χ0n) is 8.51. The van der Waals surface area contributed by atoms with Crippen LogP contribution >= 0.6 is 0 Å². The van der Waals surface area contributed by atoms with Gasteiger partial charge in [-0.25, -0.2) is 0 Å². The summed E-state index contributed by atoms with van der Waals surface area (Å²) in [4.78, 5) is 10.9. The van der Waals surface area contributed by atoms with Gasteiger partial charge < -0.3 is 5.32 Å². The van der Waals surface area contributed by atoms with E-state index in [2.05, 4.69) is 11.4 Å². The van der Waals surface area contributed by atoms with E-state index in [4.69, 9.17) is 5.26 Å². The molecule has 0 fully saturated rings. The third kappa shape index (κ3) is 1.91. The first-order chi connectivity index (χ1) is 6.56. The highest BCUT2D eigenvalue weighted by Gasteiger charge is 2.09. The second-order valence-corrected chi connectivity index (χ2v) is 3.24. The highest BCUT2D eigenvalue weighted by Crippen LogP contribution is 2.23. The van der Waals surface area contributed by atoms with Crippen LogP contribution in [0.3, 0.4) is 0 Å². The van der Waals surface area contributed by atoms with E-state index in [1.807, 2.05) is 26.0 Å². The molecular weight excluding hydrogens is 176 g/mol. The summed E-state index contributed by atoms with van der Waals surface area (Å²) >= 11 is 0. The minimum Gasteiger partial charge on any atom is -0.325 e. The monoisotopic (exact) mass is 188 g/mol. The normalized spacial score (nSPS) is 9.29. The standard InChI is InChI=1S/C11H12N2O/c1-7-4-5-8(2)11(10(7)6-12)13-9(3)14/h4-5H,1-3H3,(H,13,14). The van der Waals surface area contributed by atoms with Crippen LogP contribution in [0.1, 0.15) is 23.6 Å². The lowest BCUT2D eigenvalue weighted by molar-refractivity contribution is -0.114. The van der Waals surface area contributed by atoms with Crippen molar-refractivity contribution < 1.29 is 4.79 Å². The first kappa shape index (κ1) is 10.3. The second-order valence-electron chi connectivity index (χ2n) is 3.24. The van der Waals surface area contributed by atoms with E-state index in [0.29, 0.717) is 11.3 Å². The third-order valence-corrected chi connectivity index (χ3v) is 2.03. The molecule has 1 aromatic carbocycles. The highest BCUT2D eigenvalue weighted by atomic mass is 16.1. The Morgan fingerprint density at radius 3 is 2.43 bits per heavy atom. The molecule has 0 unspecified atom stereocenters. The van der Waals surface area contributed by atoms with Crippen molar-refractivity contribution in [3.63, 3.8) is 0 Å². The Hall–Kier alpha value is -1.82. The van der Waals surface area contributed by atoms with E-state index in [1.165, 1.54) is 6.92 Å². The number of hydrogen-bond donors (Lipinski definition) is 1. The number of carbonyl (C=O) groups is 1. The molecule has 1 rings (SSSR count). The summed E-state index contributed by atoms with van der Waals surface area (Å²) in [7, 11) is 0. The SMILES string of the molecule is CC(=O)Nc1c(C)ccc(C)c1C#N. The van der Waals surface area contributed by atoms with Crippen molar-refractivity contribution in [3.8, 4) is 6.07 Å². The van der Waals surface area contributed by atoms with Crippen LogP contribution in [0, 0.1) is 25.2 Å². The van der Waals surface area contributed by atoms with Gasteiger partial charge in [0.2, 0.25) is 5.91 Å². The molecule has 0 aromatic heterocycles. The molecule has 0 aliphatic rings. The number of aryl methyl sites for hydroxylation is 2. The Labute approximate surface area is 83.4 Å². The second kappa shape index (κ2) is 3.93. The maximum absolute atomic E-state index is 10.9. The fraction of sp³-hybridized carbons (Fsp3) is 0.273. The largest absolute Gasteiger partial charge is 0.325 e. The average molecular weight is 188 g/mol. The maximum Gasteiger partial charge on any atom is 0.221 e. The van der Waals surface area contributed by atoms with Crippen molar-refractivity contribution in [3.05, 3.63) is 28.8 Å². The Morgan fingerprint density at radius 2 is 1.93 bits per heavy atom. The van der Waals surface area contributed by atoms with Crippen molar-refractivity contribution >= 4 is 11.6 Å². The molecule has 0 aliphatic heterocycles. The summed E-state index contributed by atoms with van der Waals surface area (Å²) in [5, 5.41) is 11.6. The Balaban J connectivity index is 3.31. The minimum atomic E-state index is -0.157. The Morgan fingerprint density at radius 1 is 1.36 bits per heavy atom. The number of rotatable bonds is 1.